The second-order valence-electron chi connectivity index (χ2n) is 3.93. The monoisotopic (exact) mass is 270 g/mol. The summed E-state index contributed by atoms with van der Waals surface area (Å²) in [5.41, 5.74) is 6.93. The lowest BCUT2D eigenvalue weighted by atomic mass is 10.2. The number of nitrogens with one attached hydrogen (secondary N) is 1. The fourth-order valence-corrected chi connectivity index (χ4v) is 2.61. The second kappa shape index (κ2) is 4.74. The Labute approximate surface area is 114 Å². The summed E-state index contributed by atoms with van der Waals surface area (Å²) >= 11 is 1.56. The van der Waals surface area contributed by atoms with E-state index in [1.165, 1.54) is 6.08 Å². The highest BCUT2D eigenvalue weighted by Crippen LogP contribution is 2.42. The molecule has 2 heterocycles. The van der Waals surface area contributed by atoms with Gasteiger partial charge in [0.15, 0.2) is 5.82 Å². The lowest BCUT2D eigenvalue weighted by molar-refractivity contribution is -0.113. The van der Waals surface area contributed by atoms with Gasteiger partial charge >= 0.3 is 0 Å². The molecule has 3 rings (SSSR count). The first-order valence-corrected chi connectivity index (χ1v) is 6.41. The van der Waals surface area contributed by atoms with Gasteiger partial charge in [0, 0.05) is 23.4 Å². The molecule has 0 saturated carbocycles. The third kappa shape index (κ3) is 2.43. The van der Waals surface area contributed by atoms with Crippen LogP contribution in [0.3, 0.4) is 0 Å². The molecule has 19 heavy (non-hydrogen) atoms. The number of benzene rings is 1. The van der Waals surface area contributed by atoms with Crippen molar-refractivity contribution in [2.24, 2.45) is 5.73 Å². The van der Waals surface area contributed by atoms with E-state index in [1.807, 2.05) is 18.2 Å². The van der Waals surface area contributed by atoms with Crippen molar-refractivity contribution in [1.29, 1.82) is 0 Å². The van der Waals surface area contributed by atoms with Crippen LogP contribution in [0.25, 0.3) is 6.08 Å². The molecule has 94 valence electrons. The van der Waals surface area contributed by atoms with E-state index in [0.717, 1.165) is 27.0 Å². The van der Waals surface area contributed by atoms with E-state index in [9.17, 15) is 4.79 Å². The van der Waals surface area contributed by atoms with Crippen molar-refractivity contribution >= 4 is 35.3 Å². The molecule has 1 aliphatic rings. The van der Waals surface area contributed by atoms with Gasteiger partial charge in [0.05, 0.1) is 5.69 Å². The molecule has 1 aliphatic heterocycles. The lowest BCUT2D eigenvalue weighted by Crippen LogP contribution is -2.05. The zero-order valence-electron chi connectivity index (χ0n) is 9.83. The Bertz CT molecular complexity index is 684. The van der Waals surface area contributed by atoms with Crippen LogP contribution in [0, 0.1) is 0 Å². The molecule has 0 spiro atoms. The molecule has 5 nitrogen and oxygen atoms in total. The summed E-state index contributed by atoms with van der Waals surface area (Å²) in [5, 5.41) is 4.08. The third-order valence-corrected chi connectivity index (χ3v) is 3.64. The lowest BCUT2D eigenvalue weighted by Gasteiger charge is -2.18. The fourth-order valence-electron chi connectivity index (χ4n) is 1.73. The first-order chi connectivity index (χ1) is 9.22. The van der Waals surface area contributed by atoms with Gasteiger partial charge in [0.2, 0.25) is 5.91 Å². The minimum absolute atomic E-state index is 0.462. The van der Waals surface area contributed by atoms with Crippen LogP contribution in [-0.2, 0) is 4.79 Å². The van der Waals surface area contributed by atoms with Gasteiger partial charge in [0.1, 0.15) is 5.03 Å². The third-order valence-electron chi connectivity index (χ3n) is 2.57. The molecular weight excluding hydrogens is 260 g/mol. The minimum Gasteiger partial charge on any atom is -0.366 e. The van der Waals surface area contributed by atoms with Crippen LogP contribution in [0.1, 0.15) is 5.56 Å². The van der Waals surface area contributed by atoms with Gasteiger partial charge in [-0.2, -0.15) is 0 Å². The summed E-state index contributed by atoms with van der Waals surface area (Å²) in [6.45, 7) is 0. The van der Waals surface area contributed by atoms with Crippen molar-refractivity contribution in [3.8, 4) is 0 Å². The van der Waals surface area contributed by atoms with E-state index in [1.54, 1.807) is 30.2 Å². The van der Waals surface area contributed by atoms with Gasteiger partial charge in [-0.25, -0.2) is 9.97 Å². The molecule has 1 amide bonds. The van der Waals surface area contributed by atoms with Crippen LogP contribution in [0.5, 0.6) is 0 Å². The van der Waals surface area contributed by atoms with Crippen molar-refractivity contribution in [2.45, 2.75) is 9.92 Å². The maximum absolute atomic E-state index is 10.7. The van der Waals surface area contributed by atoms with Crippen molar-refractivity contribution in [2.75, 3.05) is 5.32 Å². The number of nitrogens with zero attached hydrogens (tertiary/aromatic N) is 2. The van der Waals surface area contributed by atoms with E-state index in [-0.39, 0.29) is 0 Å². The summed E-state index contributed by atoms with van der Waals surface area (Å²) in [6, 6.07) is 5.85. The maximum Gasteiger partial charge on any atom is 0.241 e. The number of amides is 1. The maximum atomic E-state index is 10.7. The van der Waals surface area contributed by atoms with Crippen molar-refractivity contribution < 1.29 is 4.79 Å². The number of hydrogen-bond acceptors (Lipinski definition) is 5. The van der Waals surface area contributed by atoms with Crippen molar-refractivity contribution in [1.82, 2.24) is 9.97 Å². The zero-order chi connectivity index (χ0) is 13.2. The first kappa shape index (κ1) is 11.7. The second-order valence-corrected chi connectivity index (χ2v) is 4.96. The average Bonchev–Trinajstić information content (AvgIpc) is 2.42. The summed E-state index contributed by atoms with van der Waals surface area (Å²) < 4.78 is 0. The van der Waals surface area contributed by atoms with Crippen LogP contribution in [0.15, 0.2) is 46.6 Å². The molecule has 0 atom stereocenters. The molecule has 1 aromatic carbocycles. The predicted octanol–water partition coefficient (Wildman–Crippen LogP) is 2.18. The molecule has 0 radical (unpaired) electrons. The summed E-state index contributed by atoms with van der Waals surface area (Å²) in [6.07, 6.45) is 6.34. The summed E-state index contributed by atoms with van der Waals surface area (Å²) in [4.78, 5) is 20.3. The minimum atomic E-state index is -0.462. The normalized spacial score (nSPS) is 12.6. The van der Waals surface area contributed by atoms with E-state index in [2.05, 4.69) is 15.3 Å². The Morgan fingerprint density at radius 3 is 3.00 bits per heavy atom. The van der Waals surface area contributed by atoms with Crippen LogP contribution >= 0.6 is 11.8 Å². The number of carbonyl (C=O) groups is 1. The highest BCUT2D eigenvalue weighted by atomic mass is 32.2. The van der Waals surface area contributed by atoms with E-state index in [4.69, 9.17) is 5.73 Å². The Morgan fingerprint density at radius 1 is 1.32 bits per heavy atom. The Kier molecular flexibility index (Phi) is 2.92. The molecule has 3 N–H and O–H groups in total. The molecular formula is C13H10N4OS. The van der Waals surface area contributed by atoms with Crippen molar-refractivity contribution in [3.05, 3.63) is 42.2 Å². The number of nitrogens with two attached hydrogens (primary N) is 1. The van der Waals surface area contributed by atoms with E-state index >= 15 is 0 Å². The van der Waals surface area contributed by atoms with Gasteiger partial charge < -0.3 is 11.1 Å². The van der Waals surface area contributed by atoms with Gasteiger partial charge in [-0.15, -0.1) is 0 Å². The molecule has 0 unspecified atom stereocenters. The van der Waals surface area contributed by atoms with E-state index in [0.29, 0.717) is 0 Å². The number of hydrogen-bond donors (Lipinski definition) is 2. The van der Waals surface area contributed by atoms with Gasteiger partial charge in [-0.3, -0.25) is 4.79 Å². The Hall–Kier alpha value is -2.34. The van der Waals surface area contributed by atoms with Crippen LogP contribution in [0.2, 0.25) is 0 Å². The number of carbonyl (C=O) groups excluding carboxylic acids is 1. The largest absolute Gasteiger partial charge is 0.366 e. The molecule has 0 saturated heterocycles. The van der Waals surface area contributed by atoms with Gasteiger partial charge in [-0.05, 0) is 23.8 Å². The Morgan fingerprint density at radius 2 is 2.16 bits per heavy atom. The van der Waals surface area contributed by atoms with Crippen molar-refractivity contribution in [3.63, 3.8) is 0 Å². The van der Waals surface area contributed by atoms with E-state index < -0.39 is 5.91 Å². The molecule has 0 aliphatic carbocycles. The predicted molar refractivity (Wildman–Crippen MR) is 74.1 cm³/mol. The Balaban J connectivity index is 1.94. The highest BCUT2D eigenvalue weighted by molar-refractivity contribution is 7.99. The average molecular weight is 270 g/mol. The number of aromatic nitrogens is 2. The van der Waals surface area contributed by atoms with Gasteiger partial charge in [-0.1, -0.05) is 17.8 Å². The molecule has 0 fully saturated rings. The summed E-state index contributed by atoms with van der Waals surface area (Å²) in [7, 11) is 0. The van der Waals surface area contributed by atoms with Gasteiger partial charge in [0.25, 0.3) is 0 Å². The highest BCUT2D eigenvalue weighted by Gasteiger charge is 2.17. The molecule has 6 heteroatoms. The number of rotatable bonds is 2. The fraction of sp³-hybridized carbons (Fsp3) is 0. The molecule has 1 aromatic heterocycles. The standard InChI is InChI=1S/C13H10N4OS/c14-11(18)4-2-8-1-3-10-9(7-8)17-12-13(19-10)16-6-5-15-12/h1-7H,(H2,14,18)(H,15,17). The van der Waals surface area contributed by atoms with Crippen LogP contribution in [-0.4, -0.2) is 15.9 Å². The quantitative estimate of drug-likeness (QED) is 0.698. The first-order valence-electron chi connectivity index (χ1n) is 5.60. The summed E-state index contributed by atoms with van der Waals surface area (Å²) in [5.74, 6) is 0.285. The van der Waals surface area contributed by atoms with Crippen LogP contribution < -0.4 is 11.1 Å². The van der Waals surface area contributed by atoms with Crippen LogP contribution in [0.4, 0.5) is 11.5 Å². The topological polar surface area (TPSA) is 80.9 Å². The zero-order valence-corrected chi connectivity index (χ0v) is 10.6. The molecule has 2 aromatic rings. The number of anilines is 2. The molecule has 0 bridgehead atoms. The number of primary amides is 1. The SMILES string of the molecule is NC(=O)C=Cc1ccc2c(c1)Nc1nccnc1S2. The smallest absolute Gasteiger partial charge is 0.241 e. The number of fused-ring (bicyclic) bond motifs is 2.